The van der Waals surface area contributed by atoms with Gasteiger partial charge >= 0.3 is 0 Å². The highest BCUT2D eigenvalue weighted by Crippen LogP contribution is 2.31. The Kier molecular flexibility index (Phi) is 2.38. The topological polar surface area (TPSA) is 20.2 Å². The second-order valence-corrected chi connectivity index (χ2v) is 4.38. The third-order valence-electron chi connectivity index (χ3n) is 2.27. The summed E-state index contributed by atoms with van der Waals surface area (Å²) in [7, 11) is 0. The highest BCUT2D eigenvalue weighted by Gasteiger charge is 2.22. The van der Waals surface area contributed by atoms with Crippen molar-refractivity contribution in [2.75, 3.05) is 0 Å². The molecule has 0 aliphatic heterocycles. The van der Waals surface area contributed by atoms with Crippen LogP contribution in [-0.2, 0) is 0 Å². The molecule has 0 spiro atoms. The molecule has 1 unspecified atom stereocenters. The van der Waals surface area contributed by atoms with E-state index in [-0.39, 0.29) is 11.5 Å². The van der Waals surface area contributed by atoms with Crippen molar-refractivity contribution >= 4 is 0 Å². The van der Waals surface area contributed by atoms with Crippen molar-refractivity contribution in [1.29, 1.82) is 0 Å². The van der Waals surface area contributed by atoms with Crippen LogP contribution in [0.1, 0.15) is 40.0 Å². The van der Waals surface area contributed by atoms with Gasteiger partial charge < -0.3 is 5.11 Å². The Morgan fingerprint density at radius 3 is 2.82 bits per heavy atom. The predicted molar refractivity (Wildman–Crippen MR) is 47.4 cm³/mol. The lowest BCUT2D eigenvalue weighted by Crippen LogP contribution is -2.16. The molecule has 1 nitrogen and oxygen atoms in total. The normalized spacial score (nSPS) is 30.9. The van der Waals surface area contributed by atoms with Crippen molar-refractivity contribution in [3.63, 3.8) is 0 Å². The minimum Gasteiger partial charge on any atom is -0.393 e. The Morgan fingerprint density at radius 2 is 2.18 bits per heavy atom. The van der Waals surface area contributed by atoms with Crippen LogP contribution in [-0.4, -0.2) is 11.2 Å². The van der Waals surface area contributed by atoms with E-state index < -0.39 is 0 Å². The van der Waals surface area contributed by atoms with E-state index in [4.69, 9.17) is 0 Å². The first-order chi connectivity index (χ1) is 4.99. The Morgan fingerprint density at radius 1 is 1.55 bits per heavy atom. The van der Waals surface area contributed by atoms with E-state index in [1.807, 2.05) is 0 Å². The average molecular weight is 154 g/mol. The second kappa shape index (κ2) is 2.98. The largest absolute Gasteiger partial charge is 0.393 e. The molecule has 0 aromatic heterocycles. The molecule has 0 aromatic rings. The molecular formula is C10H18O. The zero-order valence-corrected chi connectivity index (χ0v) is 7.72. The molecule has 1 heteroatoms. The predicted octanol–water partition coefficient (Wildman–Crippen LogP) is 2.50. The van der Waals surface area contributed by atoms with Crippen molar-refractivity contribution in [2.24, 2.45) is 5.41 Å². The molecule has 0 bridgehead atoms. The highest BCUT2D eigenvalue weighted by atomic mass is 16.3. The number of aliphatic hydroxyl groups is 1. The standard InChI is InChI=1S/C10H18O/c1-8-4-5-9(11)7-10(2,3)6-8/h6,9,11H,4-5,7H2,1-3H3. The average Bonchev–Trinajstić information content (AvgIpc) is 1.89. The van der Waals surface area contributed by atoms with Crippen molar-refractivity contribution in [1.82, 2.24) is 0 Å². The monoisotopic (exact) mass is 154 g/mol. The summed E-state index contributed by atoms with van der Waals surface area (Å²) in [6.07, 6.45) is 5.10. The summed E-state index contributed by atoms with van der Waals surface area (Å²) in [4.78, 5) is 0. The molecule has 1 rings (SSSR count). The van der Waals surface area contributed by atoms with E-state index in [0.717, 1.165) is 19.3 Å². The van der Waals surface area contributed by atoms with E-state index in [0.29, 0.717) is 0 Å². The summed E-state index contributed by atoms with van der Waals surface area (Å²) in [6, 6.07) is 0. The van der Waals surface area contributed by atoms with Gasteiger partial charge in [0.05, 0.1) is 6.10 Å². The van der Waals surface area contributed by atoms with Gasteiger partial charge in [-0.25, -0.2) is 0 Å². The van der Waals surface area contributed by atoms with Gasteiger partial charge in [0.2, 0.25) is 0 Å². The van der Waals surface area contributed by atoms with Gasteiger partial charge in [-0.2, -0.15) is 0 Å². The summed E-state index contributed by atoms with van der Waals surface area (Å²) in [5.41, 5.74) is 1.62. The van der Waals surface area contributed by atoms with Gasteiger partial charge in [0.15, 0.2) is 0 Å². The first-order valence-corrected chi connectivity index (χ1v) is 4.36. The quantitative estimate of drug-likeness (QED) is 0.531. The van der Waals surface area contributed by atoms with Gasteiger partial charge in [0.1, 0.15) is 0 Å². The fourth-order valence-corrected chi connectivity index (χ4v) is 1.90. The van der Waals surface area contributed by atoms with Crippen LogP contribution < -0.4 is 0 Å². The molecule has 0 saturated carbocycles. The first-order valence-electron chi connectivity index (χ1n) is 4.36. The summed E-state index contributed by atoms with van der Waals surface area (Å²) < 4.78 is 0. The number of hydrogen-bond donors (Lipinski definition) is 1. The molecule has 1 aliphatic rings. The molecule has 0 amide bonds. The lowest BCUT2D eigenvalue weighted by molar-refractivity contribution is 0.127. The van der Waals surface area contributed by atoms with Gasteiger partial charge in [-0.3, -0.25) is 0 Å². The molecule has 0 fully saturated rings. The Labute approximate surface area is 69.1 Å². The molecule has 1 N–H and O–H groups in total. The van der Waals surface area contributed by atoms with Gasteiger partial charge in [-0.1, -0.05) is 25.5 Å². The minimum atomic E-state index is -0.0984. The van der Waals surface area contributed by atoms with Crippen LogP contribution in [0.15, 0.2) is 11.6 Å². The van der Waals surface area contributed by atoms with Crippen LogP contribution in [0, 0.1) is 5.41 Å². The molecule has 0 radical (unpaired) electrons. The Balaban J connectivity index is 2.72. The second-order valence-electron chi connectivity index (χ2n) is 4.38. The molecule has 64 valence electrons. The van der Waals surface area contributed by atoms with Crippen molar-refractivity contribution < 1.29 is 5.11 Å². The highest BCUT2D eigenvalue weighted by molar-refractivity contribution is 5.08. The first kappa shape index (κ1) is 8.79. The van der Waals surface area contributed by atoms with Crippen molar-refractivity contribution in [3.05, 3.63) is 11.6 Å². The third-order valence-corrected chi connectivity index (χ3v) is 2.27. The van der Waals surface area contributed by atoms with E-state index in [9.17, 15) is 5.11 Å². The Bertz CT molecular complexity index is 168. The van der Waals surface area contributed by atoms with Crippen LogP contribution >= 0.6 is 0 Å². The van der Waals surface area contributed by atoms with Gasteiger partial charge in [0.25, 0.3) is 0 Å². The van der Waals surface area contributed by atoms with Crippen LogP contribution in [0.3, 0.4) is 0 Å². The van der Waals surface area contributed by atoms with E-state index in [1.165, 1.54) is 5.57 Å². The molecule has 1 atom stereocenters. The summed E-state index contributed by atoms with van der Waals surface area (Å²) in [6.45, 7) is 6.52. The van der Waals surface area contributed by atoms with Crippen LogP contribution in [0.4, 0.5) is 0 Å². The summed E-state index contributed by atoms with van der Waals surface area (Å²) in [5.74, 6) is 0. The van der Waals surface area contributed by atoms with E-state index in [2.05, 4.69) is 26.8 Å². The van der Waals surface area contributed by atoms with Crippen LogP contribution in [0.2, 0.25) is 0 Å². The van der Waals surface area contributed by atoms with Crippen molar-refractivity contribution in [2.45, 2.75) is 46.1 Å². The third kappa shape index (κ3) is 2.66. The zero-order valence-electron chi connectivity index (χ0n) is 7.72. The van der Waals surface area contributed by atoms with Crippen LogP contribution in [0.25, 0.3) is 0 Å². The number of aliphatic hydroxyl groups excluding tert-OH is 1. The summed E-state index contributed by atoms with van der Waals surface area (Å²) >= 11 is 0. The zero-order chi connectivity index (χ0) is 8.48. The smallest absolute Gasteiger partial charge is 0.0551 e. The molecule has 0 heterocycles. The van der Waals surface area contributed by atoms with Gasteiger partial charge in [0, 0.05) is 0 Å². The molecule has 11 heavy (non-hydrogen) atoms. The summed E-state index contributed by atoms with van der Waals surface area (Å²) in [5, 5.41) is 9.51. The van der Waals surface area contributed by atoms with Gasteiger partial charge in [-0.15, -0.1) is 0 Å². The van der Waals surface area contributed by atoms with Crippen molar-refractivity contribution in [3.8, 4) is 0 Å². The maximum Gasteiger partial charge on any atom is 0.0551 e. The fraction of sp³-hybridized carbons (Fsp3) is 0.800. The van der Waals surface area contributed by atoms with E-state index >= 15 is 0 Å². The lowest BCUT2D eigenvalue weighted by atomic mass is 9.87. The number of allylic oxidation sites excluding steroid dienone is 2. The Hall–Kier alpha value is -0.300. The van der Waals surface area contributed by atoms with Crippen LogP contribution in [0.5, 0.6) is 0 Å². The minimum absolute atomic E-state index is 0.0984. The lowest BCUT2D eigenvalue weighted by Gasteiger charge is -2.21. The SMILES string of the molecule is CC1=CC(C)(C)CC(O)CC1. The fourth-order valence-electron chi connectivity index (χ4n) is 1.90. The maximum absolute atomic E-state index is 9.51. The van der Waals surface area contributed by atoms with Gasteiger partial charge in [-0.05, 0) is 31.6 Å². The molecular weight excluding hydrogens is 136 g/mol. The maximum atomic E-state index is 9.51. The molecule has 0 aromatic carbocycles. The van der Waals surface area contributed by atoms with E-state index in [1.54, 1.807) is 0 Å². The number of hydrogen-bond acceptors (Lipinski definition) is 1. The molecule has 0 saturated heterocycles. The number of rotatable bonds is 0. The molecule has 1 aliphatic carbocycles.